The van der Waals surface area contributed by atoms with Gasteiger partial charge in [0.2, 0.25) is 11.8 Å². The minimum absolute atomic E-state index is 0.0487. The summed E-state index contributed by atoms with van der Waals surface area (Å²) in [4.78, 5) is 40.2. The zero-order valence-corrected chi connectivity index (χ0v) is 15.7. The van der Waals surface area contributed by atoms with Crippen LogP contribution in [0.4, 0.5) is 16.2 Å². The topological polar surface area (TPSA) is 91.0 Å². The third-order valence-electron chi connectivity index (χ3n) is 4.85. The number of fused-ring (bicyclic) bond motifs is 1. The predicted octanol–water partition coefficient (Wildman–Crippen LogP) is 1.57. The summed E-state index contributed by atoms with van der Waals surface area (Å²) in [5.41, 5.74) is 1.25. The average molecular weight is 374 g/mol. The molecule has 0 saturated carbocycles. The molecule has 4 amide bonds. The summed E-state index contributed by atoms with van der Waals surface area (Å²) < 4.78 is 5.49. The lowest BCUT2D eigenvalue weighted by Crippen LogP contribution is -2.48. The molecule has 8 heteroatoms. The number of rotatable bonds is 4. The first-order valence-electron chi connectivity index (χ1n) is 9.27. The number of carbonyl (C=O) groups is 3. The Balaban J connectivity index is 1.65. The number of amides is 4. The van der Waals surface area contributed by atoms with Gasteiger partial charge in [-0.3, -0.25) is 9.59 Å². The zero-order chi connectivity index (χ0) is 19.4. The maximum absolute atomic E-state index is 12.9. The molecule has 1 aromatic rings. The molecule has 2 N–H and O–H groups in total. The fourth-order valence-electron chi connectivity index (χ4n) is 3.46. The standard InChI is InChI=1S/C19H26N4O4/c1-13-10-17(24)21-15-7-3-4-8-16(15)23(13)18(25)12-22(2)19(26)20-11-14-6-5-9-27-14/h3-4,7-8,13-14H,5-6,9-12H2,1-2H3,(H,20,26)(H,21,24)/t13-,14-/m1/s1. The normalized spacial score (nSPS) is 21.9. The minimum Gasteiger partial charge on any atom is -0.376 e. The largest absolute Gasteiger partial charge is 0.376 e. The number of benzene rings is 1. The van der Waals surface area contributed by atoms with E-state index >= 15 is 0 Å². The highest BCUT2D eigenvalue weighted by Crippen LogP contribution is 2.31. The molecule has 0 radical (unpaired) electrons. The Hall–Kier alpha value is -2.61. The molecule has 2 aliphatic rings. The number of anilines is 2. The Labute approximate surface area is 158 Å². The van der Waals surface area contributed by atoms with Gasteiger partial charge in [0, 0.05) is 32.7 Å². The molecule has 27 heavy (non-hydrogen) atoms. The number of likely N-dealkylation sites (N-methyl/N-ethyl adjacent to an activating group) is 1. The van der Waals surface area contributed by atoms with E-state index in [1.165, 1.54) is 4.90 Å². The number of nitrogens with one attached hydrogen (secondary N) is 2. The highest BCUT2D eigenvalue weighted by atomic mass is 16.5. The number of hydrogen-bond donors (Lipinski definition) is 2. The van der Waals surface area contributed by atoms with Crippen molar-refractivity contribution in [3.8, 4) is 0 Å². The predicted molar refractivity (Wildman–Crippen MR) is 102 cm³/mol. The summed E-state index contributed by atoms with van der Waals surface area (Å²) in [6, 6.07) is 6.58. The second-order valence-electron chi connectivity index (χ2n) is 7.06. The van der Waals surface area contributed by atoms with Crippen molar-refractivity contribution in [1.82, 2.24) is 10.2 Å². The Morgan fingerprint density at radius 3 is 2.89 bits per heavy atom. The number of nitrogens with zero attached hydrogens (tertiary/aromatic N) is 2. The van der Waals surface area contributed by atoms with E-state index in [1.807, 2.05) is 19.1 Å². The van der Waals surface area contributed by atoms with Crippen LogP contribution in [-0.2, 0) is 14.3 Å². The molecule has 2 heterocycles. The Morgan fingerprint density at radius 1 is 1.37 bits per heavy atom. The van der Waals surface area contributed by atoms with Crippen LogP contribution in [0.3, 0.4) is 0 Å². The monoisotopic (exact) mass is 374 g/mol. The summed E-state index contributed by atoms with van der Waals surface area (Å²) in [5, 5.41) is 5.63. The van der Waals surface area contributed by atoms with E-state index in [9.17, 15) is 14.4 Å². The van der Waals surface area contributed by atoms with Crippen molar-refractivity contribution in [2.75, 3.05) is 37.0 Å². The Morgan fingerprint density at radius 2 is 2.15 bits per heavy atom. The van der Waals surface area contributed by atoms with Crippen molar-refractivity contribution in [2.24, 2.45) is 0 Å². The Bertz CT molecular complexity index is 717. The zero-order valence-electron chi connectivity index (χ0n) is 15.7. The van der Waals surface area contributed by atoms with E-state index in [1.54, 1.807) is 24.1 Å². The third-order valence-corrected chi connectivity index (χ3v) is 4.85. The van der Waals surface area contributed by atoms with Crippen LogP contribution in [0.5, 0.6) is 0 Å². The summed E-state index contributed by atoms with van der Waals surface area (Å²) in [6.45, 7) is 2.92. The molecule has 8 nitrogen and oxygen atoms in total. The molecule has 146 valence electrons. The Kier molecular flexibility index (Phi) is 5.95. The molecule has 1 aromatic carbocycles. The van der Waals surface area contributed by atoms with Crippen LogP contribution in [0, 0.1) is 0 Å². The van der Waals surface area contributed by atoms with Crippen LogP contribution < -0.4 is 15.5 Å². The average Bonchev–Trinajstić information content (AvgIpc) is 3.10. The first-order chi connectivity index (χ1) is 13.0. The van der Waals surface area contributed by atoms with Crippen LogP contribution in [0.1, 0.15) is 26.2 Å². The van der Waals surface area contributed by atoms with Crippen molar-refractivity contribution in [2.45, 2.75) is 38.3 Å². The molecule has 1 fully saturated rings. The minimum atomic E-state index is -0.316. The van der Waals surface area contributed by atoms with E-state index < -0.39 is 0 Å². The quantitative estimate of drug-likeness (QED) is 0.837. The van der Waals surface area contributed by atoms with Gasteiger partial charge >= 0.3 is 6.03 Å². The van der Waals surface area contributed by atoms with Crippen molar-refractivity contribution in [3.63, 3.8) is 0 Å². The van der Waals surface area contributed by atoms with Gasteiger partial charge in [-0.1, -0.05) is 12.1 Å². The lowest BCUT2D eigenvalue weighted by molar-refractivity contribution is -0.119. The number of para-hydroxylation sites is 2. The van der Waals surface area contributed by atoms with Crippen molar-refractivity contribution in [3.05, 3.63) is 24.3 Å². The maximum Gasteiger partial charge on any atom is 0.317 e. The molecule has 0 bridgehead atoms. The molecule has 2 atom stereocenters. The van der Waals surface area contributed by atoms with Crippen LogP contribution in [0.2, 0.25) is 0 Å². The van der Waals surface area contributed by atoms with E-state index in [4.69, 9.17) is 4.74 Å². The van der Waals surface area contributed by atoms with Gasteiger partial charge in [-0.25, -0.2) is 4.79 Å². The highest BCUT2D eigenvalue weighted by molar-refractivity contribution is 6.05. The summed E-state index contributed by atoms with van der Waals surface area (Å²) in [7, 11) is 1.58. The smallest absolute Gasteiger partial charge is 0.317 e. The molecule has 0 aliphatic carbocycles. The molecule has 1 saturated heterocycles. The van der Waals surface area contributed by atoms with Crippen LogP contribution >= 0.6 is 0 Å². The fourth-order valence-corrected chi connectivity index (χ4v) is 3.46. The third kappa shape index (κ3) is 4.57. The summed E-state index contributed by atoms with van der Waals surface area (Å²) >= 11 is 0. The van der Waals surface area contributed by atoms with E-state index in [2.05, 4.69) is 10.6 Å². The molecular weight excluding hydrogens is 348 g/mol. The molecule has 0 unspecified atom stereocenters. The van der Waals surface area contributed by atoms with E-state index in [-0.39, 0.29) is 43.0 Å². The van der Waals surface area contributed by atoms with Gasteiger partial charge in [0.15, 0.2) is 0 Å². The second-order valence-corrected chi connectivity index (χ2v) is 7.06. The molecule has 0 spiro atoms. The highest BCUT2D eigenvalue weighted by Gasteiger charge is 2.30. The van der Waals surface area contributed by atoms with Crippen LogP contribution in [0.25, 0.3) is 0 Å². The van der Waals surface area contributed by atoms with Gasteiger partial charge in [0.1, 0.15) is 6.54 Å². The van der Waals surface area contributed by atoms with Crippen molar-refractivity contribution < 1.29 is 19.1 Å². The van der Waals surface area contributed by atoms with Crippen molar-refractivity contribution >= 4 is 29.2 Å². The number of urea groups is 1. The first-order valence-corrected chi connectivity index (χ1v) is 9.27. The summed E-state index contributed by atoms with van der Waals surface area (Å²) in [6.07, 6.45) is 2.20. The first kappa shape index (κ1) is 19.2. The lowest BCUT2D eigenvalue weighted by atomic mass is 10.1. The van der Waals surface area contributed by atoms with Gasteiger partial charge in [0.05, 0.1) is 17.5 Å². The van der Waals surface area contributed by atoms with Crippen LogP contribution in [-0.4, -0.2) is 61.6 Å². The number of hydrogen-bond acceptors (Lipinski definition) is 4. The lowest BCUT2D eigenvalue weighted by Gasteiger charge is -2.30. The molecule has 2 aliphatic heterocycles. The maximum atomic E-state index is 12.9. The van der Waals surface area contributed by atoms with Gasteiger partial charge in [0.25, 0.3) is 0 Å². The van der Waals surface area contributed by atoms with E-state index in [0.29, 0.717) is 17.9 Å². The number of ether oxygens (including phenoxy) is 1. The summed E-state index contributed by atoms with van der Waals surface area (Å²) in [5.74, 6) is -0.367. The van der Waals surface area contributed by atoms with Gasteiger partial charge in [-0.15, -0.1) is 0 Å². The number of carbonyl (C=O) groups excluding carboxylic acids is 3. The molecular formula is C19H26N4O4. The van der Waals surface area contributed by atoms with Gasteiger partial charge < -0.3 is 25.2 Å². The van der Waals surface area contributed by atoms with Gasteiger partial charge in [-0.2, -0.15) is 0 Å². The van der Waals surface area contributed by atoms with Crippen molar-refractivity contribution in [1.29, 1.82) is 0 Å². The SMILES string of the molecule is C[C@@H]1CC(=O)Nc2ccccc2N1C(=O)CN(C)C(=O)NC[C@H]1CCCO1. The fraction of sp³-hybridized carbons (Fsp3) is 0.526. The molecule has 3 rings (SSSR count). The van der Waals surface area contributed by atoms with Gasteiger partial charge in [-0.05, 0) is 31.9 Å². The van der Waals surface area contributed by atoms with E-state index in [0.717, 1.165) is 19.4 Å². The second kappa shape index (κ2) is 8.39. The van der Waals surface area contributed by atoms with Crippen LogP contribution in [0.15, 0.2) is 24.3 Å². The molecule has 0 aromatic heterocycles.